The standard InChI is InChI=1S/C31H38N6O3/c1-4-8-25-27-28(37(3)36-25)31(39)35-29(34-27)22-18-20(13-16-26(22)40-5-2)17-19-11-14-21(15-12-19)30(38)33-24-10-7-6-9-23(24)32/h6-7,9-16,18,25,27-29,34,36H,4-5,8,17,32H2,1-3H3,(H,33,38)(H,35,39). The van der Waals surface area contributed by atoms with Crippen LogP contribution in [0.1, 0.15) is 59.9 Å². The number of likely N-dealkylation sites (N-methyl/N-ethyl adjacent to an activating group) is 1. The molecular formula is C31H38N6O3. The van der Waals surface area contributed by atoms with Crippen LogP contribution in [0.15, 0.2) is 66.7 Å². The van der Waals surface area contributed by atoms with E-state index in [2.05, 4.69) is 34.4 Å². The van der Waals surface area contributed by atoms with Crippen LogP contribution in [-0.4, -0.2) is 48.6 Å². The topological polar surface area (TPSA) is 121 Å². The Balaban J connectivity index is 1.33. The number of hydrogen-bond donors (Lipinski definition) is 5. The van der Waals surface area contributed by atoms with Crippen LogP contribution in [0.4, 0.5) is 11.4 Å². The maximum absolute atomic E-state index is 13.2. The fraction of sp³-hybridized carbons (Fsp3) is 0.355. The zero-order valence-corrected chi connectivity index (χ0v) is 23.2. The summed E-state index contributed by atoms with van der Waals surface area (Å²) in [6.07, 6.45) is 2.31. The Morgan fingerprint density at radius 2 is 1.80 bits per heavy atom. The number of carbonyl (C=O) groups excluding carboxylic acids is 2. The molecule has 0 aromatic heterocycles. The number of para-hydroxylation sites is 2. The van der Waals surface area contributed by atoms with Crippen molar-refractivity contribution in [3.63, 3.8) is 0 Å². The van der Waals surface area contributed by atoms with E-state index in [4.69, 9.17) is 10.5 Å². The zero-order valence-electron chi connectivity index (χ0n) is 23.2. The molecule has 9 nitrogen and oxygen atoms in total. The monoisotopic (exact) mass is 542 g/mol. The molecule has 0 aliphatic carbocycles. The van der Waals surface area contributed by atoms with Gasteiger partial charge < -0.3 is 21.1 Å². The highest BCUT2D eigenvalue weighted by atomic mass is 16.5. The van der Waals surface area contributed by atoms with Crippen LogP contribution in [0.5, 0.6) is 5.75 Å². The second-order valence-electron chi connectivity index (χ2n) is 10.4. The number of nitrogens with two attached hydrogens (primary N) is 1. The summed E-state index contributed by atoms with van der Waals surface area (Å²) in [5.74, 6) is 0.543. The maximum Gasteiger partial charge on any atom is 0.255 e. The maximum atomic E-state index is 13.2. The Kier molecular flexibility index (Phi) is 8.35. The summed E-state index contributed by atoms with van der Waals surface area (Å²) in [5, 5.41) is 11.6. The molecular weight excluding hydrogens is 504 g/mol. The lowest BCUT2D eigenvalue weighted by Crippen LogP contribution is -2.62. The number of rotatable bonds is 9. The van der Waals surface area contributed by atoms with Gasteiger partial charge in [0.25, 0.3) is 5.91 Å². The Morgan fingerprint density at radius 1 is 1.05 bits per heavy atom. The summed E-state index contributed by atoms with van der Waals surface area (Å²) in [4.78, 5) is 25.9. The molecule has 0 radical (unpaired) electrons. The molecule has 4 unspecified atom stereocenters. The number of ether oxygens (including phenoxy) is 1. The summed E-state index contributed by atoms with van der Waals surface area (Å²) in [7, 11) is 1.92. The Bertz CT molecular complexity index is 1360. The van der Waals surface area contributed by atoms with Crippen LogP contribution in [0.3, 0.4) is 0 Å². The number of fused-ring (bicyclic) bond motifs is 1. The largest absolute Gasteiger partial charge is 0.493 e. The molecule has 2 amide bonds. The van der Waals surface area contributed by atoms with Gasteiger partial charge in [-0.05, 0) is 67.3 Å². The SMILES string of the molecule is CCCC1NN(C)C2C(=O)NC(c3cc(Cc4ccc(C(=O)Nc5ccccc5N)cc4)ccc3OCC)NC12. The smallest absolute Gasteiger partial charge is 0.255 e. The molecule has 3 aromatic carbocycles. The average molecular weight is 543 g/mol. The van der Waals surface area contributed by atoms with Gasteiger partial charge in [-0.15, -0.1) is 0 Å². The van der Waals surface area contributed by atoms with Crippen molar-refractivity contribution in [3.05, 3.63) is 89.0 Å². The predicted octanol–water partition coefficient (Wildman–Crippen LogP) is 3.58. The highest BCUT2D eigenvalue weighted by Crippen LogP contribution is 2.31. The molecule has 0 saturated carbocycles. The van der Waals surface area contributed by atoms with Crippen molar-refractivity contribution >= 4 is 23.2 Å². The van der Waals surface area contributed by atoms with Crippen LogP contribution in [0, 0.1) is 0 Å². The van der Waals surface area contributed by atoms with Gasteiger partial charge in [0.2, 0.25) is 5.91 Å². The third-order valence-electron chi connectivity index (χ3n) is 7.59. The molecule has 3 aromatic rings. The number of amides is 2. The molecule has 5 rings (SSSR count). The minimum atomic E-state index is -0.362. The molecule has 210 valence electrons. The number of anilines is 2. The third kappa shape index (κ3) is 5.82. The van der Waals surface area contributed by atoms with Gasteiger partial charge in [0, 0.05) is 24.2 Å². The van der Waals surface area contributed by atoms with Gasteiger partial charge >= 0.3 is 0 Å². The highest BCUT2D eigenvalue weighted by molar-refractivity contribution is 6.05. The minimum absolute atomic E-state index is 0.00123. The highest BCUT2D eigenvalue weighted by Gasteiger charge is 2.48. The molecule has 6 N–H and O–H groups in total. The Hall–Kier alpha value is -3.92. The predicted molar refractivity (Wildman–Crippen MR) is 157 cm³/mol. The van der Waals surface area contributed by atoms with Crippen molar-refractivity contribution in [2.75, 3.05) is 24.7 Å². The first-order chi connectivity index (χ1) is 19.4. The molecule has 9 heteroatoms. The van der Waals surface area contributed by atoms with E-state index in [0.717, 1.165) is 35.3 Å². The van der Waals surface area contributed by atoms with E-state index < -0.39 is 0 Å². The summed E-state index contributed by atoms with van der Waals surface area (Å²) in [6, 6.07) is 20.8. The van der Waals surface area contributed by atoms with E-state index >= 15 is 0 Å². The molecule has 2 aliphatic rings. The lowest BCUT2D eigenvalue weighted by atomic mass is 9.93. The van der Waals surface area contributed by atoms with Gasteiger partial charge in [0.05, 0.1) is 24.0 Å². The lowest BCUT2D eigenvalue weighted by Gasteiger charge is -2.37. The number of nitrogens with zero attached hydrogens (tertiary/aromatic N) is 1. The number of nitrogen functional groups attached to an aromatic ring is 1. The van der Waals surface area contributed by atoms with Gasteiger partial charge in [0.1, 0.15) is 18.0 Å². The minimum Gasteiger partial charge on any atom is -0.493 e. The molecule has 4 atom stereocenters. The molecule has 0 spiro atoms. The van der Waals surface area contributed by atoms with E-state index in [-0.39, 0.29) is 36.1 Å². The van der Waals surface area contributed by atoms with E-state index in [1.165, 1.54) is 0 Å². The van der Waals surface area contributed by atoms with E-state index in [1.54, 1.807) is 12.1 Å². The average Bonchev–Trinajstić information content (AvgIpc) is 3.26. The molecule has 2 fully saturated rings. The first-order valence-electron chi connectivity index (χ1n) is 13.9. The van der Waals surface area contributed by atoms with Crippen LogP contribution in [0.25, 0.3) is 0 Å². The van der Waals surface area contributed by atoms with Gasteiger partial charge in [-0.1, -0.05) is 43.7 Å². The molecule has 40 heavy (non-hydrogen) atoms. The van der Waals surface area contributed by atoms with Crippen molar-refractivity contribution in [1.29, 1.82) is 0 Å². The third-order valence-corrected chi connectivity index (χ3v) is 7.59. The fourth-order valence-electron chi connectivity index (χ4n) is 5.65. The summed E-state index contributed by atoms with van der Waals surface area (Å²) < 4.78 is 5.97. The number of hydrogen-bond acceptors (Lipinski definition) is 7. The van der Waals surface area contributed by atoms with Crippen LogP contribution in [-0.2, 0) is 11.2 Å². The normalized spacial score (nSPS) is 22.4. The van der Waals surface area contributed by atoms with Crippen molar-refractivity contribution in [2.24, 2.45) is 0 Å². The van der Waals surface area contributed by atoms with Gasteiger partial charge in [-0.3, -0.25) is 14.9 Å². The van der Waals surface area contributed by atoms with E-state index in [9.17, 15) is 9.59 Å². The number of hydrazine groups is 1. The Labute approximate surface area is 235 Å². The molecule has 0 bridgehead atoms. The first kappa shape index (κ1) is 27.6. The second-order valence-corrected chi connectivity index (χ2v) is 10.4. The quantitative estimate of drug-likeness (QED) is 0.262. The zero-order chi connectivity index (χ0) is 28.2. The lowest BCUT2D eigenvalue weighted by molar-refractivity contribution is -0.129. The van der Waals surface area contributed by atoms with Crippen LogP contribution in [0.2, 0.25) is 0 Å². The van der Waals surface area contributed by atoms with Crippen molar-refractivity contribution in [1.82, 2.24) is 21.1 Å². The van der Waals surface area contributed by atoms with Gasteiger partial charge in [-0.2, -0.15) is 0 Å². The van der Waals surface area contributed by atoms with Crippen LogP contribution >= 0.6 is 0 Å². The summed E-state index contributed by atoms with van der Waals surface area (Å²) in [5.41, 5.74) is 14.1. The molecule has 2 heterocycles. The molecule has 2 saturated heterocycles. The van der Waals surface area contributed by atoms with Crippen molar-refractivity contribution in [2.45, 2.75) is 57.4 Å². The van der Waals surface area contributed by atoms with Crippen molar-refractivity contribution < 1.29 is 14.3 Å². The van der Waals surface area contributed by atoms with E-state index in [1.807, 2.05) is 67.5 Å². The second kappa shape index (κ2) is 12.1. The van der Waals surface area contributed by atoms with E-state index in [0.29, 0.717) is 30.0 Å². The summed E-state index contributed by atoms with van der Waals surface area (Å²) >= 11 is 0. The molecule has 2 aliphatic heterocycles. The van der Waals surface area contributed by atoms with Gasteiger partial charge in [-0.25, -0.2) is 10.4 Å². The number of carbonyl (C=O) groups is 2. The number of benzene rings is 3. The van der Waals surface area contributed by atoms with Crippen molar-refractivity contribution in [3.8, 4) is 5.75 Å². The van der Waals surface area contributed by atoms with Crippen LogP contribution < -0.4 is 31.8 Å². The number of nitrogens with one attached hydrogen (secondary N) is 4. The first-order valence-corrected chi connectivity index (χ1v) is 13.9. The fourth-order valence-corrected chi connectivity index (χ4v) is 5.65. The van der Waals surface area contributed by atoms with Gasteiger partial charge in [0.15, 0.2) is 0 Å². The summed E-state index contributed by atoms with van der Waals surface area (Å²) in [6.45, 7) is 4.64. The Morgan fingerprint density at radius 3 is 2.52 bits per heavy atom.